The molecule has 6 heteroatoms. The quantitative estimate of drug-likeness (QED) is 0.905. The summed E-state index contributed by atoms with van der Waals surface area (Å²) >= 11 is 1.83. The fourth-order valence-electron chi connectivity index (χ4n) is 2.35. The van der Waals surface area contributed by atoms with E-state index in [-0.39, 0.29) is 18.1 Å². The van der Waals surface area contributed by atoms with E-state index in [1.165, 1.54) is 6.26 Å². The zero-order valence-electron chi connectivity index (χ0n) is 12.1. The van der Waals surface area contributed by atoms with E-state index in [0.29, 0.717) is 18.7 Å². The van der Waals surface area contributed by atoms with Gasteiger partial charge in [0.05, 0.1) is 5.60 Å². The average molecular weight is 318 g/mol. The molecule has 0 unspecified atom stereocenters. The van der Waals surface area contributed by atoms with Gasteiger partial charge in [-0.05, 0) is 36.5 Å². The van der Waals surface area contributed by atoms with E-state index in [2.05, 4.69) is 10.3 Å². The maximum atomic E-state index is 12.1. The molecule has 0 aliphatic carbocycles. The Morgan fingerprint density at radius 1 is 1.32 bits per heavy atom. The van der Waals surface area contributed by atoms with Gasteiger partial charge in [0.2, 0.25) is 5.89 Å². The van der Waals surface area contributed by atoms with Gasteiger partial charge < -0.3 is 14.8 Å². The van der Waals surface area contributed by atoms with Gasteiger partial charge in [-0.2, -0.15) is 11.8 Å². The molecule has 1 fully saturated rings. The summed E-state index contributed by atoms with van der Waals surface area (Å²) in [5.74, 6) is 1.94. The van der Waals surface area contributed by atoms with Gasteiger partial charge >= 0.3 is 0 Å². The first-order valence-electron chi connectivity index (χ1n) is 7.26. The molecule has 2 heterocycles. The van der Waals surface area contributed by atoms with Crippen LogP contribution >= 0.6 is 11.8 Å². The van der Waals surface area contributed by atoms with Crippen molar-refractivity contribution in [3.8, 4) is 11.5 Å². The largest absolute Gasteiger partial charge is 0.444 e. The van der Waals surface area contributed by atoms with Crippen LogP contribution in [0.25, 0.3) is 11.5 Å². The standard InChI is InChI=1S/C16H18N2O3S/c19-14(17-11-16(20)6-8-22-9-7-16)13-10-21-15(18-13)12-4-2-1-3-5-12/h1-5,10,20H,6-9,11H2,(H,17,19). The molecule has 2 aromatic rings. The lowest BCUT2D eigenvalue weighted by Gasteiger charge is -2.31. The summed E-state index contributed by atoms with van der Waals surface area (Å²) in [6.07, 6.45) is 2.75. The SMILES string of the molecule is O=C(NCC1(O)CCSCC1)c1coc(-c2ccccc2)n1. The highest BCUT2D eigenvalue weighted by Crippen LogP contribution is 2.26. The van der Waals surface area contributed by atoms with E-state index in [4.69, 9.17) is 4.42 Å². The zero-order valence-corrected chi connectivity index (χ0v) is 12.9. The fraction of sp³-hybridized carbons (Fsp3) is 0.375. The lowest BCUT2D eigenvalue weighted by atomic mass is 9.97. The van der Waals surface area contributed by atoms with Crippen LogP contribution in [-0.4, -0.2) is 39.6 Å². The summed E-state index contributed by atoms with van der Waals surface area (Å²) in [6.45, 7) is 0.250. The maximum Gasteiger partial charge on any atom is 0.273 e. The van der Waals surface area contributed by atoms with E-state index in [9.17, 15) is 9.90 Å². The maximum absolute atomic E-state index is 12.1. The molecule has 0 saturated carbocycles. The smallest absolute Gasteiger partial charge is 0.273 e. The molecule has 1 aliphatic heterocycles. The Balaban J connectivity index is 1.62. The number of nitrogens with zero attached hydrogens (tertiary/aromatic N) is 1. The number of carbonyl (C=O) groups excluding carboxylic acids is 1. The van der Waals surface area contributed by atoms with Crippen LogP contribution < -0.4 is 5.32 Å². The molecular formula is C16H18N2O3S. The van der Waals surface area contributed by atoms with Gasteiger partial charge in [-0.3, -0.25) is 4.79 Å². The number of hydrogen-bond donors (Lipinski definition) is 2. The number of thioether (sulfide) groups is 1. The molecule has 0 atom stereocenters. The van der Waals surface area contributed by atoms with Crippen LogP contribution in [0, 0.1) is 0 Å². The first-order chi connectivity index (χ1) is 10.7. The average Bonchev–Trinajstić information content (AvgIpc) is 3.04. The summed E-state index contributed by atoms with van der Waals surface area (Å²) in [7, 11) is 0. The third kappa shape index (κ3) is 3.51. The van der Waals surface area contributed by atoms with Gasteiger partial charge in [0, 0.05) is 12.1 Å². The molecule has 0 radical (unpaired) electrons. The van der Waals surface area contributed by atoms with Crippen LogP contribution in [0.2, 0.25) is 0 Å². The highest BCUT2D eigenvalue weighted by Gasteiger charge is 2.30. The summed E-state index contributed by atoms with van der Waals surface area (Å²) in [6, 6.07) is 9.42. The number of nitrogens with one attached hydrogen (secondary N) is 1. The minimum absolute atomic E-state index is 0.229. The molecule has 3 rings (SSSR count). The Kier molecular flexibility index (Phi) is 4.49. The van der Waals surface area contributed by atoms with Gasteiger partial charge in [0.15, 0.2) is 5.69 Å². The Morgan fingerprint density at radius 3 is 2.77 bits per heavy atom. The number of carbonyl (C=O) groups is 1. The molecule has 1 amide bonds. The van der Waals surface area contributed by atoms with Crippen LogP contribution in [0.1, 0.15) is 23.3 Å². The summed E-state index contributed by atoms with van der Waals surface area (Å²) < 4.78 is 5.35. The highest BCUT2D eigenvalue weighted by atomic mass is 32.2. The van der Waals surface area contributed by atoms with Crippen molar-refractivity contribution in [2.24, 2.45) is 0 Å². The summed E-state index contributed by atoms with van der Waals surface area (Å²) in [5, 5.41) is 13.1. The molecule has 0 bridgehead atoms. The number of aliphatic hydroxyl groups is 1. The Bertz CT molecular complexity index is 636. The Hall–Kier alpha value is -1.79. The van der Waals surface area contributed by atoms with Crippen molar-refractivity contribution in [3.63, 3.8) is 0 Å². The van der Waals surface area contributed by atoms with Crippen LogP contribution in [-0.2, 0) is 0 Å². The van der Waals surface area contributed by atoms with Crippen LogP contribution in [0.5, 0.6) is 0 Å². The number of rotatable bonds is 4. The molecule has 5 nitrogen and oxygen atoms in total. The van der Waals surface area contributed by atoms with Gasteiger partial charge in [0.25, 0.3) is 5.91 Å². The molecule has 2 N–H and O–H groups in total. The third-order valence-corrected chi connectivity index (χ3v) is 4.74. The number of benzene rings is 1. The molecular weight excluding hydrogens is 300 g/mol. The lowest BCUT2D eigenvalue weighted by molar-refractivity contribution is 0.0310. The molecule has 116 valence electrons. The summed E-state index contributed by atoms with van der Waals surface area (Å²) in [5.41, 5.74) is 0.254. The first-order valence-corrected chi connectivity index (χ1v) is 8.41. The molecule has 1 aromatic carbocycles. The second-order valence-electron chi connectivity index (χ2n) is 5.42. The molecule has 0 spiro atoms. The van der Waals surface area contributed by atoms with Crippen molar-refractivity contribution in [3.05, 3.63) is 42.3 Å². The Labute approximate surface area is 133 Å². The number of amides is 1. The van der Waals surface area contributed by atoms with Crippen molar-refractivity contribution < 1.29 is 14.3 Å². The predicted octanol–water partition coefficient (Wildman–Crippen LogP) is 2.33. The molecule has 22 heavy (non-hydrogen) atoms. The molecule has 1 aliphatic rings. The lowest BCUT2D eigenvalue weighted by Crippen LogP contribution is -2.45. The van der Waals surface area contributed by atoms with Crippen LogP contribution in [0.3, 0.4) is 0 Å². The Morgan fingerprint density at radius 2 is 2.05 bits per heavy atom. The second kappa shape index (κ2) is 6.54. The predicted molar refractivity (Wildman–Crippen MR) is 85.8 cm³/mol. The normalized spacial score (nSPS) is 17.1. The van der Waals surface area contributed by atoms with E-state index in [1.54, 1.807) is 0 Å². The number of oxazole rings is 1. The van der Waals surface area contributed by atoms with Gasteiger partial charge in [-0.15, -0.1) is 0 Å². The van der Waals surface area contributed by atoms with E-state index in [0.717, 1.165) is 17.1 Å². The third-order valence-electron chi connectivity index (χ3n) is 3.76. The van der Waals surface area contributed by atoms with Crippen molar-refractivity contribution in [2.45, 2.75) is 18.4 Å². The van der Waals surface area contributed by atoms with E-state index < -0.39 is 5.60 Å². The van der Waals surface area contributed by atoms with Gasteiger partial charge in [-0.1, -0.05) is 18.2 Å². The van der Waals surface area contributed by atoms with Crippen molar-refractivity contribution in [1.82, 2.24) is 10.3 Å². The zero-order chi connectivity index (χ0) is 15.4. The van der Waals surface area contributed by atoms with Crippen molar-refractivity contribution in [2.75, 3.05) is 18.1 Å². The number of hydrogen-bond acceptors (Lipinski definition) is 5. The monoisotopic (exact) mass is 318 g/mol. The fourth-order valence-corrected chi connectivity index (χ4v) is 3.61. The minimum Gasteiger partial charge on any atom is -0.444 e. The van der Waals surface area contributed by atoms with Crippen molar-refractivity contribution >= 4 is 17.7 Å². The first kappa shape index (κ1) is 15.1. The minimum atomic E-state index is -0.799. The van der Waals surface area contributed by atoms with E-state index in [1.807, 2.05) is 42.1 Å². The molecule has 1 aromatic heterocycles. The van der Waals surface area contributed by atoms with Gasteiger partial charge in [0.1, 0.15) is 6.26 Å². The summed E-state index contributed by atoms with van der Waals surface area (Å²) in [4.78, 5) is 16.3. The highest BCUT2D eigenvalue weighted by molar-refractivity contribution is 7.99. The molecule has 1 saturated heterocycles. The van der Waals surface area contributed by atoms with Gasteiger partial charge in [-0.25, -0.2) is 4.98 Å². The van der Waals surface area contributed by atoms with Crippen LogP contribution in [0.15, 0.2) is 41.0 Å². The topological polar surface area (TPSA) is 75.4 Å². The second-order valence-corrected chi connectivity index (χ2v) is 6.65. The van der Waals surface area contributed by atoms with Crippen molar-refractivity contribution in [1.29, 1.82) is 0 Å². The van der Waals surface area contributed by atoms with E-state index >= 15 is 0 Å². The number of aromatic nitrogens is 1. The van der Waals surface area contributed by atoms with Crippen LogP contribution in [0.4, 0.5) is 0 Å².